The summed E-state index contributed by atoms with van der Waals surface area (Å²) in [5.74, 6) is 0.258. The third-order valence-electron chi connectivity index (χ3n) is 6.32. The lowest BCUT2D eigenvalue weighted by atomic mass is 9.98. The Morgan fingerprint density at radius 1 is 1.05 bits per heavy atom. The van der Waals surface area contributed by atoms with Crippen LogP contribution in [0.3, 0.4) is 0 Å². The SMILES string of the molecule is COc1ccc(C2=NN(C3=NC(=O)[C@@H](CC(=O)Nc4cc(C)cc(C)c4)S3)[C@H](c3ccccc3)C2)cc1. The van der Waals surface area contributed by atoms with Crippen molar-refractivity contribution in [1.29, 1.82) is 0 Å². The first-order valence-electron chi connectivity index (χ1n) is 12.1. The highest BCUT2D eigenvalue weighted by atomic mass is 32.2. The number of ether oxygens (including phenoxy) is 1. The fraction of sp³-hybridized carbons (Fsp3) is 0.241. The van der Waals surface area contributed by atoms with Crippen LogP contribution in [0.4, 0.5) is 5.69 Å². The van der Waals surface area contributed by atoms with Gasteiger partial charge in [-0.05, 0) is 72.5 Å². The minimum absolute atomic E-state index is 0.0440. The van der Waals surface area contributed by atoms with Crippen molar-refractivity contribution in [2.75, 3.05) is 12.4 Å². The standard InChI is InChI=1S/C29H28N4O3S/c1-18-13-19(2)15-22(14-18)30-27(34)17-26-28(35)31-29(37-26)33-25(21-7-5-4-6-8-21)16-24(32-33)20-9-11-23(36-3)12-10-20/h4-15,25-26H,16-17H2,1-3H3,(H,30,34)/t25-,26+/m0/s1. The number of amides is 2. The van der Waals surface area contributed by atoms with E-state index >= 15 is 0 Å². The molecule has 2 aliphatic heterocycles. The predicted octanol–water partition coefficient (Wildman–Crippen LogP) is 5.49. The van der Waals surface area contributed by atoms with Crippen LogP contribution in [0.1, 0.15) is 41.1 Å². The fourth-order valence-electron chi connectivity index (χ4n) is 4.61. The van der Waals surface area contributed by atoms with Crippen molar-refractivity contribution in [3.63, 3.8) is 0 Å². The number of methoxy groups -OCH3 is 1. The molecule has 8 heteroatoms. The molecule has 0 spiro atoms. The van der Waals surface area contributed by atoms with E-state index in [1.54, 1.807) is 7.11 Å². The van der Waals surface area contributed by atoms with Crippen molar-refractivity contribution < 1.29 is 14.3 Å². The lowest BCUT2D eigenvalue weighted by Crippen LogP contribution is -2.25. The summed E-state index contributed by atoms with van der Waals surface area (Å²) in [5.41, 5.74) is 5.85. The van der Waals surface area contributed by atoms with Crippen molar-refractivity contribution in [1.82, 2.24) is 5.01 Å². The molecular weight excluding hydrogens is 484 g/mol. The van der Waals surface area contributed by atoms with Crippen molar-refractivity contribution in [2.24, 2.45) is 10.1 Å². The van der Waals surface area contributed by atoms with Gasteiger partial charge in [-0.2, -0.15) is 10.1 Å². The summed E-state index contributed by atoms with van der Waals surface area (Å²) in [7, 11) is 1.64. The number of carbonyl (C=O) groups is 2. The summed E-state index contributed by atoms with van der Waals surface area (Å²) >= 11 is 1.30. The summed E-state index contributed by atoms with van der Waals surface area (Å²) in [4.78, 5) is 29.9. The zero-order valence-electron chi connectivity index (χ0n) is 21.0. The van der Waals surface area contributed by atoms with Crippen molar-refractivity contribution in [3.8, 4) is 5.75 Å². The Hall–Kier alpha value is -3.91. The molecular formula is C29H28N4O3S. The van der Waals surface area contributed by atoms with Gasteiger partial charge in [0.1, 0.15) is 11.0 Å². The minimum Gasteiger partial charge on any atom is -0.497 e. The zero-order chi connectivity index (χ0) is 25.9. The maximum Gasteiger partial charge on any atom is 0.262 e. The second kappa shape index (κ2) is 10.6. The van der Waals surface area contributed by atoms with E-state index in [1.807, 2.05) is 79.5 Å². The summed E-state index contributed by atoms with van der Waals surface area (Å²) in [5, 5.41) is 9.58. The highest BCUT2D eigenvalue weighted by Crippen LogP contribution is 2.38. The quantitative estimate of drug-likeness (QED) is 0.472. The average molecular weight is 513 g/mol. The first-order chi connectivity index (χ1) is 17.9. The van der Waals surface area contributed by atoms with E-state index in [4.69, 9.17) is 9.84 Å². The number of nitrogens with one attached hydrogen (secondary N) is 1. The Morgan fingerprint density at radius 3 is 2.43 bits per heavy atom. The second-order valence-electron chi connectivity index (χ2n) is 9.22. The lowest BCUT2D eigenvalue weighted by molar-refractivity contribution is -0.121. The van der Waals surface area contributed by atoms with Gasteiger partial charge >= 0.3 is 0 Å². The molecule has 2 amide bonds. The largest absolute Gasteiger partial charge is 0.497 e. The van der Waals surface area contributed by atoms with Crippen LogP contribution in [0.15, 0.2) is 82.9 Å². The van der Waals surface area contributed by atoms with E-state index in [-0.39, 0.29) is 24.3 Å². The van der Waals surface area contributed by atoms with Crippen LogP contribution < -0.4 is 10.1 Å². The third-order valence-corrected chi connectivity index (χ3v) is 7.46. The van der Waals surface area contributed by atoms with Crippen LogP contribution in [0, 0.1) is 13.8 Å². The number of hydrogen-bond donors (Lipinski definition) is 1. The van der Waals surface area contributed by atoms with Gasteiger partial charge in [0.25, 0.3) is 5.91 Å². The Kier molecular flexibility index (Phi) is 7.10. The monoisotopic (exact) mass is 512 g/mol. The zero-order valence-corrected chi connectivity index (χ0v) is 21.8. The van der Waals surface area contributed by atoms with Gasteiger partial charge in [0.15, 0.2) is 5.17 Å². The number of benzene rings is 3. The summed E-state index contributed by atoms with van der Waals surface area (Å²) in [6, 6.07) is 23.7. The van der Waals surface area contributed by atoms with E-state index in [1.165, 1.54) is 11.8 Å². The number of anilines is 1. The number of amidine groups is 1. The summed E-state index contributed by atoms with van der Waals surface area (Å²) in [6.07, 6.45) is 0.713. The molecule has 0 aromatic heterocycles. The number of rotatable bonds is 6. The molecule has 0 saturated heterocycles. The van der Waals surface area contributed by atoms with Gasteiger partial charge in [-0.3, -0.25) is 9.59 Å². The molecule has 0 aliphatic carbocycles. The molecule has 0 bridgehead atoms. The first kappa shape index (κ1) is 24.8. The topological polar surface area (TPSA) is 83.4 Å². The minimum atomic E-state index is -0.586. The molecule has 3 aromatic carbocycles. The van der Waals surface area contributed by atoms with Crippen LogP contribution in [0.5, 0.6) is 5.75 Å². The Labute approximate surface area is 220 Å². The molecule has 7 nitrogen and oxygen atoms in total. The molecule has 2 heterocycles. The van der Waals surface area contributed by atoms with Crippen LogP contribution in [-0.2, 0) is 9.59 Å². The first-order valence-corrected chi connectivity index (χ1v) is 13.0. The Bertz CT molecular complexity index is 1370. The van der Waals surface area contributed by atoms with E-state index in [0.29, 0.717) is 11.6 Å². The Morgan fingerprint density at radius 2 is 1.76 bits per heavy atom. The number of aliphatic imine (C=N–C) groups is 1. The number of hydrazone groups is 1. The molecule has 3 aromatic rings. The number of carbonyl (C=O) groups excluding carboxylic acids is 2. The fourth-order valence-corrected chi connectivity index (χ4v) is 5.67. The van der Waals surface area contributed by atoms with Gasteiger partial charge < -0.3 is 10.1 Å². The number of hydrogen-bond acceptors (Lipinski definition) is 6. The maximum absolute atomic E-state index is 12.8. The average Bonchev–Trinajstić information content (AvgIpc) is 3.48. The van der Waals surface area contributed by atoms with E-state index in [9.17, 15) is 9.59 Å². The molecule has 1 N–H and O–H groups in total. The molecule has 2 aliphatic rings. The summed E-state index contributed by atoms with van der Waals surface area (Å²) in [6.45, 7) is 3.97. The Balaban J connectivity index is 1.34. The van der Waals surface area contributed by atoms with Gasteiger partial charge in [-0.25, -0.2) is 5.01 Å². The van der Waals surface area contributed by atoms with Crippen molar-refractivity contribution >= 4 is 40.1 Å². The maximum atomic E-state index is 12.8. The second-order valence-corrected chi connectivity index (χ2v) is 10.4. The molecule has 0 saturated carbocycles. The highest BCUT2D eigenvalue weighted by Gasteiger charge is 2.39. The van der Waals surface area contributed by atoms with Crippen molar-refractivity contribution in [3.05, 3.63) is 95.1 Å². The van der Waals surface area contributed by atoms with Gasteiger partial charge in [0.2, 0.25) is 5.91 Å². The van der Waals surface area contributed by atoms with Crippen LogP contribution in [0.2, 0.25) is 0 Å². The molecule has 5 rings (SSSR count). The number of thioether (sulfide) groups is 1. The molecule has 37 heavy (non-hydrogen) atoms. The highest BCUT2D eigenvalue weighted by molar-refractivity contribution is 8.15. The summed E-state index contributed by atoms with van der Waals surface area (Å²) < 4.78 is 5.29. The number of aryl methyl sites for hydroxylation is 2. The van der Waals surface area contributed by atoms with E-state index in [2.05, 4.69) is 22.4 Å². The van der Waals surface area contributed by atoms with Crippen LogP contribution in [-0.4, -0.2) is 40.1 Å². The van der Waals surface area contributed by atoms with Gasteiger partial charge in [-0.1, -0.05) is 48.2 Å². The lowest BCUT2D eigenvalue weighted by Gasteiger charge is -2.23. The molecule has 0 fully saturated rings. The van der Waals surface area contributed by atoms with Crippen LogP contribution in [0.25, 0.3) is 0 Å². The van der Waals surface area contributed by atoms with Gasteiger partial charge in [-0.15, -0.1) is 0 Å². The van der Waals surface area contributed by atoms with Gasteiger partial charge in [0.05, 0.1) is 18.9 Å². The third kappa shape index (κ3) is 5.59. The number of nitrogens with zero attached hydrogens (tertiary/aromatic N) is 3. The molecule has 2 atom stereocenters. The molecule has 0 unspecified atom stereocenters. The van der Waals surface area contributed by atoms with E-state index < -0.39 is 5.25 Å². The van der Waals surface area contributed by atoms with E-state index in [0.717, 1.165) is 39.4 Å². The van der Waals surface area contributed by atoms with Crippen LogP contribution >= 0.6 is 11.8 Å². The molecule has 0 radical (unpaired) electrons. The molecule has 188 valence electrons. The normalized spacial score (nSPS) is 19.0. The van der Waals surface area contributed by atoms with Crippen molar-refractivity contribution in [2.45, 2.75) is 38.0 Å². The smallest absolute Gasteiger partial charge is 0.262 e. The van der Waals surface area contributed by atoms with Gasteiger partial charge in [0, 0.05) is 18.5 Å². The predicted molar refractivity (Wildman–Crippen MR) is 148 cm³/mol.